The Morgan fingerprint density at radius 3 is 2.50 bits per heavy atom. The van der Waals surface area contributed by atoms with Crippen LogP contribution in [0.4, 0.5) is 0 Å². The smallest absolute Gasteiger partial charge is 0.0764 e. The fourth-order valence-electron chi connectivity index (χ4n) is 0.516. The van der Waals surface area contributed by atoms with Crippen molar-refractivity contribution in [2.75, 3.05) is 6.54 Å². The van der Waals surface area contributed by atoms with E-state index in [0.717, 1.165) is 6.54 Å². The van der Waals surface area contributed by atoms with E-state index in [9.17, 15) is 0 Å². The monoisotopic (exact) mass is 130 g/mol. The van der Waals surface area contributed by atoms with Crippen molar-refractivity contribution in [1.29, 1.82) is 5.41 Å². The third-order valence-electron chi connectivity index (χ3n) is 1.06. The van der Waals surface area contributed by atoms with E-state index in [1.807, 2.05) is 6.92 Å². The first-order chi connectivity index (χ1) is 3.70. The van der Waals surface area contributed by atoms with Gasteiger partial charge in [-0.05, 0) is 25.8 Å². The van der Waals surface area contributed by atoms with Crippen molar-refractivity contribution >= 4 is 17.0 Å². The summed E-state index contributed by atoms with van der Waals surface area (Å²) in [5.41, 5.74) is 0. The molecule has 2 unspecified atom stereocenters. The van der Waals surface area contributed by atoms with Crippen LogP contribution in [-0.4, -0.2) is 21.9 Å². The van der Waals surface area contributed by atoms with Crippen molar-refractivity contribution in [2.24, 2.45) is 0 Å². The number of nitrogens with one attached hydrogen (secondary N) is 1. The van der Waals surface area contributed by atoms with E-state index in [-0.39, 0.29) is 0 Å². The van der Waals surface area contributed by atoms with Crippen LogP contribution in [0.25, 0.3) is 0 Å². The Balaban J connectivity index is 2.14. The average Bonchev–Trinajstić information content (AvgIpc) is 2.17. The number of hydrogen-bond donors (Lipinski definition) is 1. The van der Waals surface area contributed by atoms with Crippen LogP contribution in [-0.2, 0) is 0 Å². The number of nitrogens with zero attached hydrogens (tertiary/aromatic N) is 1. The lowest BCUT2D eigenvalue weighted by Gasteiger charge is -1.94. The van der Waals surface area contributed by atoms with E-state index >= 15 is 0 Å². The van der Waals surface area contributed by atoms with Crippen molar-refractivity contribution in [3.63, 3.8) is 0 Å². The molecule has 0 aromatic rings. The molecule has 1 N–H and O–H groups in total. The van der Waals surface area contributed by atoms with Gasteiger partial charge in [0, 0.05) is 12.6 Å². The lowest BCUT2D eigenvalue weighted by atomic mass is 10.6. The van der Waals surface area contributed by atoms with Gasteiger partial charge in [-0.2, -0.15) is 0 Å². The van der Waals surface area contributed by atoms with E-state index in [1.165, 1.54) is 0 Å². The van der Waals surface area contributed by atoms with Gasteiger partial charge < -0.3 is 0 Å². The standard InChI is InChI=1S/C5H10N2S/c1-4-3-7(4)8-5(2)6/h4,6H,3H2,1-2H3. The molecule has 0 aromatic heterocycles. The lowest BCUT2D eigenvalue weighted by molar-refractivity contribution is 0.855. The zero-order valence-electron chi connectivity index (χ0n) is 5.14. The van der Waals surface area contributed by atoms with Gasteiger partial charge in [0.25, 0.3) is 0 Å². The number of hydrogen-bond acceptors (Lipinski definition) is 3. The van der Waals surface area contributed by atoms with Gasteiger partial charge in [0.05, 0.1) is 5.04 Å². The van der Waals surface area contributed by atoms with Gasteiger partial charge in [-0.25, -0.2) is 4.31 Å². The van der Waals surface area contributed by atoms with Gasteiger partial charge in [-0.15, -0.1) is 0 Å². The molecule has 1 aliphatic heterocycles. The fourth-order valence-corrected chi connectivity index (χ4v) is 1.34. The van der Waals surface area contributed by atoms with Crippen LogP contribution in [0.1, 0.15) is 13.8 Å². The minimum absolute atomic E-state index is 0.689. The van der Waals surface area contributed by atoms with Gasteiger partial charge in [0.2, 0.25) is 0 Å². The number of rotatable bonds is 1. The van der Waals surface area contributed by atoms with Gasteiger partial charge in [-0.3, -0.25) is 5.41 Å². The predicted molar refractivity (Wildman–Crippen MR) is 37.2 cm³/mol. The predicted octanol–water partition coefficient (Wildman–Crippen LogP) is 1.34. The van der Waals surface area contributed by atoms with E-state index < -0.39 is 0 Å². The maximum Gasteiger partial charge on any atom is 0.0764 e. The van der Waals surface area contributed by atoms with Crippen LogP contribution >= 0.6 is 11.9 Å². The van der Waals surface area contributed by atoms with Crippen molar-refractivity contribution in [2.45, 2.75) is 19.9 Å². The zero-order chi connectivity index (χ0) is 6.15. The average molecular weight is 130 g/mol. The summed E-state index contributed by atoms with van der Waals surface area (Å²) in [5, 5.41) is 7.77. The van der Waals surface area contributed by atoms with Gasteiger partial charge >= 0.3 is 0 Å². The molecule has 2 nitrogen and oxygen atoms in total. The summed E-state index contributed by atoms with van der Waals surface area (Å²) < 4.78 is 2.18. The Hall–Kier alpha value is -0.0200. The summed E-state index contributed by atoms with van der Waals surface area (Å²) in [6.07, 6.45) is 0. The molecule has 0 aliphatic carbocycles. The van der Waals surface area contributed by atoms with Gasteiger partial charge in [0.15, 0.2) is 0 Å². The maximum absolute atomic E-state index is 7.08. The molecule has 1 fully saturated rings. The second-order valence-corrected chi connectivity index (χ2v) is 3.36. The molecular weight excluding hydrogens is 120 g/mol. The summed E-state index contributed by atoms with van der Waals surface area (Å²) >= 11 is 1.55. The Bertz CT molecular complexity index is 113. The van der Waals surface area contributed by atoms with E-state index in [1.54, 1.807) is 11.9 Å². The van der Waals surface area contributed by atoms with Crippen LogP contribution in [0.2, 0.25) is 0 Å². The molecule has 0 bridgehead atoms. The normalized spacial score (nSPS) is 34.8. The van der Waals surface area contributed by atoms with E-state index in [4.69, 9.17) is 5.41 Å². The lowest BCUT2D eigenvalue weighted by Crippen LogP contribution is -1.90. The minimum Gasteiger partial charge on any atom is -0.297 e. The van der Waals surface area contributed by atoms with Crippen LogP contribution in [0.3, 0.4) is 0 Å². The molecule has 8 heavy (non-hydrogen) atoms. The molecule has 2 atom stereocenters. The van der Waals surface area contributed by atoms with Crippen molar-refractivity contribution < 1.29 is 0 Å². The fraction of sp³-hybridized carbons (Fsp3) is 0.800. The van der Waals surface area contributed by atoms with Crippen LogP contribution in [0.5, 0.6) is 0 Å². The first-order valence-electron chi connectivity index (χ1n) is 2.70. The molecule has 1 saturated heterocycles. The van der Waals surface area contributed by atoms with Gasteiger partial charge in [-0.1, -0.05) is 0 Å². The molecule has 1 rings (SSSR count). The Morgan fingerprint density at radius 2 is 2.38 bits per heavy atom. The molecule has 0 saturated carbocycles. The molecule has 3 heteroatoms. The quantitative estimate of drug-likeness (QED) is 0.251. The second kappa shape index (κ2) is 2.07. The summed E-state index contributed by atoms with van der Waals surface area (Å²) in [7, 11) is 0. The molecule has 1 heterocycles. The largest absolute Gasteiger partial charge is 0.297 e. The maximum atomic E-state index is 7.08. The SMILES string of the molecule is CC(=N)SN1CC1C. The second-order valence-electron chi connectivity index (χ2n) is 2.10. The third-order valence-corrected chi connectivity index (χ3v) is 2.07. The molecule has 1 aliphatic rings. The molecule has 0 amide bonds. The Kier molecular flexibility index (Phi) is 1.58. The van der Waals surface area contributed by atoms with Crippen LogP contribution in [0.15, 0.2) is 0 Å². The van der Waals surface area contributed by atoms with Crippen LogP contribution < -0.4 is 0 Å². The summed E-state index contributed by atoms with van der Waals surface area (Å²) in [4.78, 5) is 0. The van der Waals surface area contributed by atoms with Crippen LogP contribution in [0, 0.1) is 5.41 Å². The van der Waals surface area contributed by atoms with Gasteiger partial charge in [0.1, 0.15) is 0 Å². The highest BCUT2D eigenvalue weighted by Crippen LogP contribution is 2.27. The summed E-state index contributed by atoms with van der Waals surface area (Å²) in [6, 6.07) is 0.709. The van der Waals surface area contributed by atoms with E-state index in [2.05, 4.69) is 11.2 Å². The third kappa shape index (κ3) is 1.49. The molecule has 0 aromatic carbocycles. The molecule has 0 spiro atoms. The summed E-state index contributed by atoms with van der Waals surface area (Å²) in [5.74, 6) is 0. The molecule has 46 valence electrons. The zero-order valence-corrected chi connectivity index (χ0v) is 5.96. The van der Waals surface area contributed by atoms with Crippen molar-refractivity contribution in [3.05, 3.63) is 0 Å². The van der Waals surface area contributed by atoms with Crippen molar-refractivity contribution in [1.82, 2.24) is 4.31 Å². The Labute approximate surface area is 53.9 Å². The molecular formula is C5H10N2S. The minimum atomic E-state index is 0.689. The highest BCUT2D eigenvalue weighted by Gasteiger charge is 2.29. The van der Waals surface area contributed by atoms with E-state index in [0.29, 0.717) is 11.1 Å². The Morgan fingerprint density at radius 1 is 1.88 bits per heavy atom. The summed E-state index contributed by atoms with van der Waals surface area (Å²) in [6.45, 7) is 5.13. The first-order valence-corrected chi connectivity index (χ1v) is 3.47. The highest BCUT2D eigenvalue weighted by atomic mass is 32.2. The molecule has 0 radical (unpaired) electrons. The highest BCUT2D eigenvalue weighted by molar-refractivity contribution is 8.11. The first kappa shape index (κ1) is 6.11. The van der Waals surface area contributed by atoms with Crippen molar-refractivity contribution in [3.8, 4) is 0 Å². The topological polar surface area (TPSA) is 26.9 Å².